The van der Waals surface area contributed by atoms with Crippen LogP contribution in [0.1, 0.15) is 41.0 Å². The Morgan fingerprint density at radius 1 is 1.06 bits per heavy atom. The fourth-order valence-corrected chi connectivity index (χ4v) is 5.78. The minimum atomic E-state index is -3.80. The van der Waals surface area contributed by atoms with Crippen molar-refractivity contribution in [2.45, 2.75) is 38.1 Å². The number of benzene rings is 2. The minimum Gasteiger partial charge on any atom is -0.355 e. The number of rotatable bonds is 7. The van der Waals surface area contributed by atoms with Crippen molar-refractivity contribution in [1.29, 1.82) is 0 Å². The predicted molar refractivity (Wildman–Crippen MR) is 131 cm³/mol. The van der Waals surface area contributed by atoms with Crippen LogP contribution in [0.25, 0.3) is 12.2 Å². The van der Waals surface area contributed by atoms with Gasteiger partial charge in [-0.05, 0) is 43.9 Å². The number of hydrogen-bond donors (Lipinski definition) is 1. The van der Waals surface area contributed by atoms with Gasteiger partial charge in [0.2, 0.25) is 15.9 Å². The second-order valence-electron chi connectivity index (χ2n) is 8.59. The summed E-state index contributed by atoms with van der Waals surface area (Å²) >= 11 is 0. The molecule has 0 atom stereocenters. The highest BCUT2D eigenvalue weighted by Gasteiger charge is 2.35. The van der Waals surface area contributed by atoms with Gasteiger partial charge in [-0.15, -0.1) is 0 Å². The van der Waals surface area contributed by atoms with Gasteiger partial charge in [0.1, 0.15) is 5.69 Å². The first kappa shape index (κ1) is 23.9. The summed E-state index contributed by atoms with van der Waals surface area (Å²) in [6.07, 6.45) is 4.39. The summed E-state index contributed by atoms with van der Waals surface area (Å²) in [7, 11) is -3.80. The summed E-state index contributed by atoms with van der Waals surface area (Å²) in [6, 6.07) is 17.6. The zero-order valence-corrected chi connectivity index (χ0v) is 20.2. The van der Waals surface area contributed by atoms with Crippen molar-refractivity contribution in [3.8, 4) is 0 Å². The Morgan fingerprint density at radius 3 is 2.41 bits per heavy atom. The molecule has 2 heterocycles. The van der Waals surface area contributed by atoms with Gasteiger partial charge in [-0.2, -0.15) is 4.31 Å². The van der Waals surface area contributed by atoms with Crippen LogP contribution < -0.4 is 5.32 Å². The molecule has 1 fully saturated rings. The molecule has 1 N–H and O–H groups in total. The quantitative estimate of drug-likeness (QED) is 0.549. The number of nitrogens with zero attached hydrogens (tertiary/aromatic N) is 2. The number of sulfonamides is 1. The zero-order chi connectivity index (χ0) is 24.1. The molecule has 178 valence electrons. The van der Waals surface area contributed by atoms with E-state index in [-0.39, 0.29) is 35.6 Å². The molecule has 1 aromatic heterocycles. The monoisotopic (exact) mass is 479 g/mol. The van der Waals surface area contributed by atoms with E-state index in [1.165, 1.54) is 4.31 Å². The predicted octanol–water partition coefficient (Wildman–Crippen LogP) is 4.18. The first-order chi connectivity index (χ1) is 16.3. The number of nitrogens with one attached hydrogen (secondary N) is 1. The Kier molecular flexibility index (Phi) is 7.29. The summed E-state index contributed by atoms with van der Waals surface area (Å²) < 4.78 is 33.6. The van der Waals surface area contributed by atoms with Crippen LogP contribution in [0.4, 0.5) is 0 Å². The molecule has 34 heavy (non-hydrogen) atoms. The summed E-state index contributed by atoms with van der Waals surface area (Å²) in [4.78, 5) is 12.7. The van der Waals surface area contributed by atoms with Crippen LogP contribution in [-0.4, -0.2) is 36.9 Å². The van der Waals surface area contributed by atoms with Gasteiger partial charge >= 0.3 is 0 Å². The highest BCUT2D eigenvalue weighted by atomic mass is 32.2. The van der Waals surface area contributed by atoms with Gasteiger partial charge < -0.3 is 9.84 Å². The van der Waals surface area contributed by atoms with E-state index < -0.39 is 10.0 Å². The summed E-state index contributed by atoms with van der Waals surface area (Å²) in [6.45, 7) is 4.65. The van der Waals surface area contributed by atoms with Crippen molar-refractivity contribution in [3.05, 3.63) is 82.7 Å². The number of carbonyl (C=O) groups excluding carboxylic acids is 1. The highest BCUT2D eigenvalue weighted by Crippen LogP contribution is 2.29. The van der Waals surface area contributed by atoms with E-state index in [9.17, 15) is 13.2 Å². The number of piperidine rings is 1. The minimum absolute atomic E-state index is 0.0382. The van der Waals surface area contributed by atoms with Crippen molar-refractivity contribution in [2.75, 3.05) is 13.1 Å². The zero-order valence-electron chi connectivity index (χ0n) is 19.4. The Morgan fingerprint density at radius 2 is 1.74 bits per heavy atom. The molecular formula is C26H29N3O4S. The second-order valence-corrected chi connectivity index (χ2v) is 10.5. The maximum Gasteiger partial charge on any atom is 0.248 e. The van der Waals surface area contributed by atoms with Crippen molar-refractivity contribution in [2.24, 2.45) is 5.92 Å². The highest BCUT2D eigenvalue weighted by molar-refractivity contribution is 7.89. The lowest BCUT2D eigenvalue weighted by Gasteiger charge is -2.30. The van der Waals surface area contributed by atoms with Gasteiger partial charge in [-0.25, -0.2) is 8.42 Å². The largest absolute Gasteiger partial charge is 0.355 e. The molecule has 8 heteroatoms. The summed E-state index contributed by atoms with van der Waals surface area (Å²) in [5, 5.41) is 6.87. The van der Waals surface area contributed by atoms with Crippen molar-refractivity contribution in [1.82, 2.24) is 14.8 Å². The average Bonchev–Trinajstić information content (AvgIpc) is 3.24. The first-order valence-corrected chi connectivity index (χ1v) is 12.8. The lowest BCUT2D eigenvalue weighted by molar-refractivity contribution is -0.126. The summed E-state index contributed by atoms with van der Waals surface area (Å²) in [5.74, 6) is -0.0378. The van der Waals surface area contributed by atoms with E-state index >= 15 is 0 Å². The maximum atomic E-state index is 13.4. The Balaban J connectivity index is 1.41. The van der Waals surface area contributed by atoms with Crippen molar-refractivity contribution >= 4 is 28.1 Å². The van der Waals surface area contributed by atoms with Crippen LogP contribution in [0, 0.1) is 19.8 Å². The Hall–Kier alpha value is -3.23. The van der Waals surface area contributed by atoms with Gasteiger partial charge in [0, 0.05) is 25.6 Å². The maximum absolute atomic E-state index is 13.4. The van der Waals surface area contributed by atoms with Crippen LogP contribution >= 0.6 is 0 Å². The molecule has 1 amide bonds. The lowest BCUT2D eigenvalue weighted by atomic mass is 9.97. The van der Waals surface area contributed by atoms with E-state index in [4.69, 9.17) is 4.52 Å². The van der Waals surface area contributed by atoms with Crippen molar-refractivity contribution < 1.29 is 17.7 Å². The van der Waals surface area contributed by atoms with Gasteiger partial charge in [0.15, 0.2) is 10.7 Å². The van der Waals surface area contributed by atoms with Gasteiger partial charge in [0.05, 0.1) is 0 Å². The van der Waals surface area contributed by atoms with Gasteiger partial charge in [-0.3, -0.25) is 4.79 Å². The number of aryl methyl sites for hydroxylation is 2. The molecule has 0 spiro atoms. The lowest BCUT2D eigenvalue weighted by Crippen LogP contribution is -2.43. The molecular weight excluding hydrogens is 450 g/mol. The van der Waals surface area contributed by atoms with Gasteiger partial charge in [-0.1, -0.05) is 71.4 Å². The van der Waals surface area contributed by atoms with Crippen LogP contribution in [0.3, 0.4) is 0 Å². The standard InChI is InChI=1S/C26H29N3O4S/c1-19-8-10-21(11-9-19)12-13-24-25(20(2)28-33-24)34(31,32)29-16-14-23(15-17-29)26(30)27-18-22-6-4-3-5-7-22/h3-13,23H,14-18H2,1-2H3,(H,27,30)/b13-12+. The Bertz CT molecular complexity index is 1260. The fraction of sp³-hybridized carbons (Fsp3) is 0.308. The molecule has 0 bridgehead atoms. The molecule has 0 unspecified atom stereocenters. The normalized spacial score (nSPS) is 15.6. The van der Waals surface area contributed by atoms with Crippen LogP contribution in [0.15, 0.2) is 64.0 Å². The third-order valence-corrected chi connectivity index (χ3v) is 8.13. The third kappa shape index (κ3) is 5.46. The fourth-order valence-electron chi connectivity index (χ4n) is 4.07. The smallest absolute Gasteiger partial charge is 0.248 e. The second kappa shape index (κ2) is 10.4. The third-order valence-electron chi connectivity index (χ3n) is 6.07. The topological polar surface area (TPSA) is 92.5 Å². The molecule has 7 nitrogen and oxygen atoms in total. The first-order valence-electron chi connectivity index (χ1n) is 11.4. The van der Waals surface area contributed by atoms with E-state index in [1.54, 1.807) is 13.0 Å². The number of aromatic nitrogens is 1. The van der Waals surface area contributed by atoms with E-state index in [0.29, 0.717) is 25.1 Å². The van der Waals surface area contributed by atoms with E-state index in [0.717, 1.165) is 16.7 Å². The average molecular weight is 480 g/mol. The van der Waals surface area contributed by atoms with Gasteiger partial charge in [0.25, 0.3) is 0 Å². The molecule has 0 saturated carbocycles. The molecule has 4 rings (SSSR count). The summed E-state index contributed by atoms with van der Waals surface area (Å²) in [5.41, 5.74) is 3.44. The molecule has 1 saturated heterocycles. The SMILES string of the molecule is Cc1ccc(/C=C/c2onc(C)c2S(=O)(=O)N2CCC(C(=O)NCc3ccccc3)CC2)cc1. The van der Waals surface area contributed by atoms with E-state index in [1.807, 2.05) is 67.6 Å². The van der Waals surface area contributed by atoms with E-state index in [2.05, 4.69) is 10.5 Å². The molecule has 0 radical (unpaired) electrons. The number of carbonyl (C=O) groups is 1. The molecule has 3 aromatic rings. The molecule has 2 aromatic carbocycles. The Labute approximate surface area is 200 Å². The molecule has 1 aliphatic rings. The molecule has 0 aliphatic carbocycles. The number of hydrogen-bond acceptors (Lipinski definition) is 5. The number of amides is 1. The van der Waals surface area contributed by atoms with Crippen LogP contribution in [0.2, 0.25) is 0 Å². The molecule has 1 aliphatic heterocycles. The van der Waals surface area contributed by atoms with Crippen LogP contribution in [0.5, 0.6) is 0 Å². The van der Waals surface area contributed by atoms with Crippen molar-refractivity contribution in [3.63, 3.8) is 0 Å². The van der Waals surface area contributed by atoms with Crippen LogP contribution in [-0.2, 0) is 21.4 Å².